The summed E-state index contributed by atoms with van der Waals surface area (Å²) in [5, 5.41) is 15.3. The number of anilines is 1. The molecule has 24 heavy (non-hydrogen) atoms. The molecule has 1 aromatic heterocycles. The highest BCUT2D eigenvalue weighted by molar-refractivity contribution is 5.91. The van der Waals surface area contributed by atoms with Crippen LogP contribution in [0.5, 0.6) is 11.5 Å². The molecule has 0 saturated heterocycles. The van der Waals surface area contributed by atoms with Crippen molar-refractivity contribution in [1.82, 2.24) is 4.98 Å². The fourth-order valence-corrected chi connectivity index (χ4v) is 3.55. The van der Waals surface area contributed by atoms with Crippen LogP contribution < -0.4 is 14.8 Å². The number of hydrogen-bond donors (Lipinski definition) is 3. The number of rotatable bonds is 4. The van der Waals surface area contributed by atoms with Gasteiger partial charge in [-0.25, -0.2) is 0 Å². The van der Waals surface area contributed by atoms with E-state index in [2.05, 4.69) is 10.3 Å². The number of H-pyrrole nitrogens is 1. The summed E-state index contributed by atoms with van der Waals surface area (Å²) in [5.74, 6) is 1.53. The van der Waals surface area contributed by atoms with Gasteiger partial charge in [-0.1, -0.05) is 18.2 Å². The minimum atomic E-state index is -0.660. The van der Waals surface area contributed by atoms with Crippen molar-refractivity contribution < 1.29 is 14.6 Å². The highest BCUT2D eigenvalue weighted by Crippen LogP contribution is 2.53. The molecule has 1 aliphatic heterocycles. The fraction of sp³-hybridized carbons (Fsp3) is 0.263. The second-order valence-electron chi connectivity index (χ2n) is 6.52. The first kappa shape index (κ1) is 13.7. The third kappa shape index (κ3) is 1.98. The Morgan fingerprint density at radius 2 is 1.96 bits per heavy atom. The van der Waals surface area contributed by atoms with Crippen molar-refractivity contribution in [3.63, 3.8) is 0 Å². The topological polar surface area (TPSA) is 66.5 Å². The molecular formula is C19H18N2O3. The highest BCUT2D eigenvalue weighted by Gasteiger charge is 2.51. The Morgan fingerprint density at radius 1 is 1.08 bits per heavy atom. The van der Waals surface area contributed by atoms with E-state index in [-0.39, 0.29) is 12.2 Å². The predicted molar refractivity (Wildman–Crippen MR) is 91.4 cm³/mol. The number of para-hydroxylation sites is 1. The summed E-state index contributed by atoms with van der Waals surface area (Å²) in [6.07, 6.45) is 3.14. The predicted octanol–water partition coefficient (Wildman–Crippen LogP) is 3.36. The summed E-state index contributed by atoms with van der Waals surface area (Å²) in [7, 11) is 0. The van der Waals surface area contributed by atoms with Gasteiger partial charge in [0.15, 0.2) is 11.5 Å². The third-order valence-electron chi connectivity index (χ3n) is 5.14. The van der Waals surface area contributed by atoms with E-state index in [1.807, 2.05) is 48.7 Å². The van der Waals surface area contributed by atoms with E-state index in [0.29, 0.717) is 0 Å². The number of aromatic nitrogens is 1. The maximum atomic E-state index is 10.9. The van der Waals surface area contributed by atoms with Crippen LogP contribution in [0, 0.1) is 0 Å². The molecule has 0 radical (unpaired) electrons. The number of fused-ring (bicyclic) bond motifs is 2. The molecule has 0 amide bonds. The second kappa shape index (κ2) is 4.92. The zero-order chi connectivity index (χ0) is 16.1. The summed E-state index contributed by atoms with van der Waals surface area (Å²) in [4.78, 5) is 3.23. The molecule has 5 nitrogen and oxygen atoms in total. The van der Waals surface area contributed by atoms with Gasteiger partial charge >= 0.3 is 0 Å². The Bertz CT molecular complexity index is 914. The summed E-state index contributed by atoms with van der Waals surface area (Å²) in [6.45, 7) is 0.265. The van der Waals surface area contributed by atoms with Gasteiger partial charge in [0.25, 0.3) is 0 Å². The van der Waals surface area contributed by atoms with Crippen LogP contribution in [0.2, 0.25) is 0 Å². The molecule has 3 aromatic rings. The Balaban J connectivity index is 1.46. The molecule has 1 fully saturated rings. The van der Waals surface area contributed by atoms with Gasteiger partial charge in [0.2, 0.25) is 6.79 Å². The van der Waals surface area contributed by atoms with Crippen LogP contribution in [0.1, 0.15) is 18.4 Å². The van der Waals surface area contributed by atoms with E-state index < -0.39 is 6.23 Å². The maximum absolute atomic E-state index is 10.9. The zero-order valence-electron chi connectivity index (χ0n) is 13.1. The summed E-state index contributed by atoms with van der Waals surface area (Å²) in [6, 6.07) is 14.0. The maximum Gasteiger partial charge on any atom is 0.231 e. The van der Waals surface area contributed by atoms with E-state index >= 15 is 0 Å². The number of aliphatic hydroxyl groups excluding tert-OH is 1. The van der Waals surface area contributed by atoms with Crippen LogP contribution in [-0.2, 0) is 5.41 Å². The van der Waals surface area contributed by atoms with Crippen molar-refractivity contribution in [2.75, 3.05) is 12.1 Å². The normalized spacial score (nSPS) is 18.5. The largest absolute Gasteiger partial charge is 0.454 e. The Hall–Kier alpha value is -2.66. The van der Waals surface area contributed by atoms with Crippen LogP contribution in [0.4, 0.5) is 5.69 Å². The quantitative estimate of drug-likeness (QED) is 0.644. The van der Waals surface area contributed by atoms with Crippen LogP contribution in [0.3, 0.4) is 0 Å². The van der Waals surface area contributed by atoms with Gasteiger partial charge < -0.3 is 24.9 Å². The summed E-state index contributed by atoms with van der Waals surface area (Å²) < 4.78 is 10.9. The number of hydrogen-bond acceptors (Lipinski definition) is 4. The van der Waals surface area contributed by atoms with Gasteiger partial charge in [-0.2, -0.15) is 0 Å². The lowest BCUT2D eigenvalue weighted by Gasteiger charge is -2.25. The van der Waals surface area contributed by atoms with E-state index in [1.54, 1.807) is 0 Å². The first-order valence-corrected chi connectivity index (χ1v) is 8.17. The Morgan fingerprint density at radius 3 is 2.83 bits per heavy atom. The number of benzene rings is 2. The molecule has 2 aromatic carbocycles. The Labute approximate surface area is 139 Å². The third-order valence-corrected chi connectivity index (χ3v) is 5.14. The van der Waals surface area contributed by atoms with Crippen molar-refractivity contribution in [3.05, 3.63) is 54.2 Å². The standard InChI is InChI=1S/C19H18N2O3/c22-18(21-14-3-1-2-12-6-9-20-17(12)14)19(7-8-19)13-4-5-15-16(10-13)24-11-23-15/h1-6,9-10,18,20-22H,7-8,11H2. The molecule has 2 aliphatic rings. The molecule has 1 aliphatic carbocycles. The molecule has 1 unspecified atom stereocenters. The number of aliphatic hydroxyl groups is 1. The molecule has 5 heteroatoms. The van der Waals surface area contributed by atoms with Crippen LogP contribution >= 0.6 is 0 Å². The lowest BCUT2D eigenvalue weighted by molar-refractivity contribution is 0.159. The minimum Gasteiger partial charge on any atom is -0.454 e. The van der Waals surface area contributed by atoms with Crippen LogP contribution in [0.25, 0.3) is 10.9 Å². The van der Waals surface area contributed by atoms with E-state index in [4.69, 9.17) is 9.47 Å². The number of nitrogens with one attached hydrogen (secondary N) is 2. The minimum absolute atomic E-state index is 0.265. The Kier molecular flexibility index (Phi) is 2.82. The molecule has 1 saturated carbocycles. The van der Waals surface area contributed by atoms with Gasteiger partial charge in [0.05, 0.1) is 11.2 Å². The molecule has 3 N–H and O–H groups in total. The van der Waals surface area contributed by atoms with Crippen molar-refractivity contribution in [1.29, 1.82) is 0 Å². The second-order valence-corrected chi connectivity index (χ2v) is 6.52. The lowest BCUT2D eigenvalue weighted by Crippen LogP contribution is -2.33. The summed E-state index contributed by atoms with van der Waals surface area (Å²) >= 11 is 0. The van der Waals surface area contributed by atoms with Gasteiger partial charge in [0, 0.05) is 17.0 Å². The van der Waals surface area contributed by atoms with Crippen LogP contribution in [0.15, 0.2) is 48.7 Å². The molecule has 0 bridgehead atoms. The number of ether oxygens (including phenoxy) is 2. The molecule has 122 valence electrons. The highest BCUT2D eigenvalue weighted by atomic mass is 16.7. The first-order valence-electron chi connectivity index (χ1n) is 8.17. The molecular weight excluding hydrogens is 304 g/mol. The monoisotopic (exact) mass is 322 g/mol. The van der Waals surface area contributed by atoms with Crippen molar-refractivity contribution in [3.8, 4) is 11.5 Å². The molecule has 1 atom stereocenters. The van der Waals surface area contributed by atoms with Crippen molar-refractivity contribution in [2.24, 2.45) is 0 Å². The molecule has 2 heterocycles. The van der Waals surface area contributed by atoms with Crippen molar-refractivity contribution in [2.45, 2.75) is 24.5 Å². The SMILES string of the molecule is OC(Nc1cccc2cc[nH]c12)C1(c2ccc3c(c2)OCO3)CC1. The van der Waals surface area contributed by atoms with E-state index in [0.717, 1.165) is 46.5 Å². The van der Waals surface area contributed by atoms with Gasteiger partial charge in [-0.3, -0.25) is 0 Å². The zero-order valence-corrected chi connectivity index (χ0v) is 13.1. The summed E-state index contributed by atoms with van der Waals surface area (Å²) in [5.41, 5.74) is 2.75. The fourth-order valence-electron chi connectivity index (χ4n) is 3.55. The molecule has 0 spiro atoms. The smallest absolute Gasteiger partial charge is 0.231 e. The average molecular weight is 322 g/mol. The van der Waals surface area contributed by atoms with E-state index in [9.17, 15) is 5.11 Å². The van der Waals surface area contributed by atoms with E-state index in [1.165, 1.54) is 0 Å². The van der Waals surface area contributed by atoms with Crippen molar-refractivity contribution >= 4 is 16.6 Å². The first-order chi connectivity index (χ1) is 11.8. The van der Waals surface area contributed by atoms with Crippen LogP contribution in [-0.4, -0.2) is 23.1 Å². The average Bonchev–Trinajstić information content (AvgIpc) is 3.05. The molecule has 5 rings (SSSR count). The lowest BCUT2D eigenvalue weighted by atomic mass is 9.93. The van der Waals surface area contributed by atoms with Gasteiger partial charge in [-0.15, -0.1) is 0 Å². The van der Waals surface area contributed by atoms with Gasteiger partial charge in [-0.05, 0) is 42.7 Å². The number of aromatic amines is 1. The van der Waals surface area contributed by atoms with Gasteiger partial charge in [0.1, 0.15) is 6.23 Å².